The molecule has 0 aromatic heterocycles. The lowest BCUT2D eigenvalue weighted by atomic mass is 10.2. The van der Waals surface area contributed by atoms with Crippen LogP contribution in [0.4, 0.5) is 18.9 Å². The van der Waals surface area contributed by atoms with Crippen LogP contribution in [0.15, 0.2) is 53.6 Å². The number of nitrogens with zero attached hydrogens (tertiary/aromatic N) is 1. The van der Waals surface area contributed by atoms with E-state index >= 15 is 0 Å². The Hall–Kier alpha value is -3.03. The summed E-state index contributed by atoms with van der Waals surface area (Å²) in [5.41, 5.74) is 2.46. The van der Waals surface area contributed by atoms with Crippen molar-refractivity contribution >= 4 is 17.8 Å². The second-order valence-electron chi connectivity index (χ2n) is 5.00. The number of nitrogens with one attached hydrogen (secondary N) is 2. The second kappa shape index (κ2) is 8.18. The Balaban J connectivity index is 1.83. The molecule has 0 saturated carbocycles. The molecular formula is C17H16F3N3O2. The quantitative estimate of drug-likeness (QED) is 0.620. The first-order valence-corrected chi connectivity index (χ1v) is 7.25. The summed E-state index contributed by atoms with van der Waals surface area (Å²) in [6.07, 6.45) is -2.98. The summed E-state index contributed by atoms with van der Waals surface area (Å²) in [6, 6.07) is 11.6. The molecule has 2 aromatic rings. The van der Waals surface area contributed by atoms with Crippen LogP contribution in [0, 0.1) is 0 Å². The molecule has 25 heavy (non-hydrogen) atoms. The van der Waals surface area contributed by atoms with E-state index in [-0.39, 0.29) is 12.2 Å². The van der Waals surface area contributed by atoms with Crippen molar-refractivity contribution in [2.75, 3.05) is 19.0 Å². The maximum Gasteiger partial charge on any atom is 0.416 e. The predicted molar refractivity (Wildman–Crippen MR) is 88.7 cm³/mol. The van der Waals surface area contributed by atoms with Gasteiger partial charge in [-0.25, -0.2) is 5.43 Å². The van der Waals surface area contributed by atoms with Gasteiger partial charge in [0.1, 0.15) is 5.75 Å². The number of carbonyl (C=O) groups excluding carboxylic acids is 1. The van der Waals surface area contributed by atoms with E-state index in [9.17, 15) is 18.0 Å². The lowest BCUT2D eigenvalue weighted by Crippen LogP contribution is -2.26. The third-order valence-corrected chi connectivity index (χ3v) is 3.16. The summed E-state index contributed by atoms with van der Waals surface area (Å²) in [7, 11) is 1.56. The first-order valence-electron chi connectivity index (χ1n) is 7.25. The lowest BCUT2D eigenvalue weighted by Gasteiger charge is -2.10. The van der Waals surface area contributed by atoms with Gasteiger partial charge >= 0.3 is 6.18 Å². The highest BCUT2D eigenvalue weighted by molar-refractivity contribution is 5.84. The zero-order valence-electron chi connectivity index (χ0n) is 13.3. The first kappa shape index (κ1) is 18.3. The fourth-order valence-corrected chi connectivity index (χ4v) is 1.90. The fourth-order valence-electron chi connectivity index (χ4n) is 1.90. The monoisotopic (exact) mass is 351 g/mol. The topological polar surface area (TPSA) is 62.7 Å². The van der Waals surface area contributed by atoms with Crippen LogP contribution in [0.3, 0.4) is 0 Å². The highest BCUT2D eigenvalue weighted by Gasteiger charge is 2.30. The summed E-state index contributed by atoms with van der Waals surface area (Å²) in [4.78, 5) is 11.7. The zero-order chi connectivity index (χ0) is 18.3. The predicted octanol–water partition coefficient (Wildman–Crippen LogP) is 3.28. The average molecular weight is 351 g/mol. The van der Waals surface area contributed by atoms with Gasteiger partial charge in [0.05, 0.1) is 25.4 Å². The first-order chi connectivity index (χ1) is 11.9. The van der Waals surface area contributed by atoms with Gasteiger partial charge < -0.3 is 10.1 Å². The summed E-state index contributed by atoms with van der Waals surface area (Å²) >= 11 is 0. The van der Waals surface area contributed by atoms with E-state index < -0.39 is 17.6 Å². The Bertz CT molecular complexity index is 744. The number of hydrogen-bond donors (Lipinski definition) is 2. The van der Waals surface area contributed by atoms with Gasteiger partial charge in [-0.3, -0.25) is 4.79 Å². The van der Waals surface area contributed by atoms with Gasteiger partial charge in [0.25, 0.3) is 5.91 Å². The number of rotatable bonds is 6. The van der Waals surface area contributed by atoms with Crippen molar-refractivity contribution in [2.45, 2.75) is 6.18 Å². The van der Waals surface area contributed by atoms with Crippen molar-refractivity contribution < 1.29 is 22.7 Å². The average Bonchev–Trinajstić information content (AvgIpc) is 2.60. The molecule has 1 amide bonds. The molecular weight excluding hydrogens is 335 g/mol. The minimum absolute atomic E-state index is 0.198. The summed E-state index contributed by atoms with van der Waals surface area (Å²) in [5.74, 6) is 0.216. The van der Waals surface area contributed by atoms with Crippen LogP contribution >= 0.6 is 0 Å². The van der Waals surface area contributed by atoms with E-state index in [1.54, 1.807) is 31.4 Å². The Morgan fingerprint density at radius 2 is 1.92 bits per heavy atom. The molecule has 0 bridgehead atoms. The Kier molecular flexibility index (Phi) is 5.99. The van der Waals surface area contributed by atoms with Crippen molar-refractivity contribution in [3.8, 4) is 5.75 Å². The van der Waals surface area contributed by atoms with E-state index in [4.69, 9.17) is 4.74 Å². The zero-order valence-corrected chi connectivity index (χ0v) is 13.3. The third kappa shape index (κ3) is 5.83. The van der Waals surface area contributed by atoms with Crippen LogP contribution in [0.5, 0.6) is 5.75 Å². The third-order valence-electron chi connectivity index (χ3n) is 3.16. The minimum Gasteiger partial charge on any atom is -0.497 e. The van der Waals surface area contributed by atoms with Crippen LogP contribution < -0.4 is 15.5 Å². The number of halogens is 3. The molecule has 0 atom stereocenters. The van der Waals surface area contributed by atoms with E-state index in [2.05, 4.69) is 15.8 Å². The van der Waals surface area contributed by atoms with Gasteiger partial charge in [-0.05, 0) is 48.0 Å². The van der Waals surface area contributed by atoms with Gasteiger partial charge in [0.15, 0.2) is 0 Å². The van der Waals surface area contributed by atoms with E-state index in [0.29, 0.717) is 5.75 Å². The molecule has 5 nitrogen and oxygen atoms in total. The molecule has 0 unspecified atom stereocenters. The van der Waals surface area contributed by atoms with Crippen molar-refractivity contribution in [2.24, 2.45) is 5.10 Å². The molecule has 0 fully saturated rings. The van der Waals surface area contributed by atoms with Crippen molar-refractivity contribution in [3.05, 3.63) is 59.7 Å². The van der Waals surface area contributed by atoms with E-state index in [0.717, 1.165) is 17.7 Å². The number of carbonyl (C=O) groups is 1. The smallest absolute Gasteiger partial charge is 0.416 e. The van der Waals surface area contributed by atoms with Crippen LogP contribution in [0.1, 0.15) is 11.1 Å². The summed E-state index contributed by atoms with van der Waals surface area (Å²) in [5, 5.41) is 6.40. The number of ether oxygens (including phenoxy) is 1. The number of hydrogen-bond acceptors (Lipinski definition) is 4. The molecule has 0 aliphatic heterocycles. The molecule has 2 rings (SSSR count). The molecule has 0 spiro atoms. The normalized spacial score (nSPS) is 11.4. The molecule has 2 N–H and O–H groups in total. The van der Waals surface area contributed by atoms with E-state index in [1.165, 1.54) is 18.3 Å². The highest BCUT2D eigenvalue weighted by atomic mass is 19.4. The van der Waals surface area contributed by atoms with Crippen molar-refractivity contribution in [1.82, 2.24) is 5.43 Å². The number of alkyl halides is 3. The van der Waals surface area contributed by atoms with Gasteiger partial charge in [-0.1, -0.05) is 6.07 Å². The van der Waals surface area contributed by atoms with Gasteiger partial charge in [-0.2, -0.15) is 18.3 Å². The van der Waals surface area contributed by atoms with Gasteiger partial charge in [0, 0.05) is 5.69 Å². The van der Waals surface area contributed by atoms with Gasteiger partial charge in [-0.15, -0.1) is 0 Å². The molecule has 2 aromatic carbocycles. The fraction of sp³-hybridized carbons (Fsp3) is 0.176. The minimum atomic E-state index is -4.43. The largest absolute Gasteiger partial charge is 0.497 e. The number of methoxy groups -OCH3 is 1. The number of benzene rings is 2. The lowest BCUT2D eigenvalue weighted by molar-refractivity contribution is -0.137. The molecule has 0 heterocycles. The number of anilines is 1. The molecule has 0 radical (unpaired) electrons. The molecule has 132 valence electrons. The molecule has 0 aliphatic rings. The Labute approximate surface area is 142 Å². The number of amides is 1. The summed E-state index contributed by atoms with van der Waals surface area (Å²) in [6.45, 7) is -0.207. The van der Waals surface area contributed by atoms with Crippen molar-refractivity contribution in [1.29, 1.82) is 0 Å². The van der Waals surface area contributed by atoms with E-state index in [1.807, 2.05) is 0 Å². The number of hydrazone groups is 1. The Morgan fingerprint density at radius 3 is 2.56 bits per heavy atom. The van der Waals surface area contributed by atoms with Crippen LogP contribution in [-0.2, 0) is 11.0 Å². The standard InChI is InChI=1S/C17H16F3N3O2/c1-25-15-7-5-12(6-8-15)10-22-23-16(24)11-21-14-4-2-3-13(9-14)17(18,19)20/h2-10,21H,11H2,1H3,(H,23,24)/b22-10+. The van der Waals surface area contributed by atoms with Crippen LogP contribution in [0.25, 0.3) is 0 Å². The van der Waals surface area contributed by atoms with Gasteiger partial charge in [0.2, 0.25) is 0 Å². The van der Waals surface area contributed by atoms with Crippen molar-refractivity contribution in [3.63, 3.8) is 0 Å². The summed E-state index contributed by atoms with van der Waals surface area (Å²) < 4.78 is 42.8. The van der Waals surface area contributed by atoms with Crippen LogP contribution in [-0.4, -0.2) is 25.8 Å². The molecule has 0 aliphatic carbocycles. The maximum atomic E-state index is 12.6. The second-order valence-corrected chi connectivity index (χ2v) is 5.00. The molecule has 8 heteroatoms. The molecule has 0 saturated heterocycles. The Morgan fingerprint density at radius 1 is 1.20 bits per heavy atom. The highest BCUT2D eigenvalue weighted by Crippen LogP contribution is 2.30. The maximum absolute atomic E-state index is 12.6. The SMILES string of the molecule is COc1ccc(/C=N/NC(=O)CNc2cccc(C(F)(F)F)c2)cc1. The van der Waals surface area contributed by atoms with Crippen LogP contribution in [0.2, 0.25) is 0 Å².